The fraction of sp³-hybridized carbons (Fsp3) is 0.0741. The summed E-state index contributed by atoms with van der Waals surface area (Å²) in [5, 5.41) is 3.30. The largest absolute Gasteiger partial charge is 0.457 e. The van der Waals surface area contributed by atoms with Crippen molar-refractivity contribution in [2.75, 3.05) is 11.9 Å². The monoisotopic (exact) mass is 584 g/mol. The number of ether oxygens (including phenoxy) is 1. The fourth-order valence-electron chi connectivity index (χ4n) is 3.37. The van der Waals surface area contributed by atoms with Crippen LogP contribution < -0.4 is 10.1 Å². The van der Waals surface area contributed by atoms with Crippen LogP contribution in [0, 0.1) is 0 Å². The minimum atomic E-state index is -3.96. The molecule has 0 unspecified atom stereocenters. The smallest absolute Gasteiger partial charge is 0.243 e. The Hall–Kier alpha value is -3.17. The maximum atomic E-state index is 13.4. The van der Waals surface area contributed by atoms with E-state index in [1.165, 1.54) is 12.1 Å². The average molecular weight is 586 g/mol. The summed E-state index contributed by atoms with van der Waals surface area (Å²) in [6.45, 7) is -0.365. The zero-order valence-electron chi connectivity index (χ0n) is 19.0. The number of rotatable bonds is 9. The molecule has 0 saturated heterocycles. The normalized spacial score (nSPS) is 11.3. The molecule has 0 atom stereocenters. The zero-order valence-corrected chi connectivity index (χ0v) is 22.1. The van der Waals surface area contributed by atoms with Crippen LogP contribution in [0.2, 0.25) is 5.02 Å². The molecule has 0 radical (unpaired) electrons. The van der Waals surface area contributed by atoms with Crippen LogP contribution in [0.25, 0.3) is 0 Å². The molecule has 0 aliphatic heterocycles. The summed E-state index contributed by atoms with van der Waals surface area (Å²) in [7, 11) is -3.96. The first-order valence-electron chi connectivity index (χ1n) is 10.9. The van der Waals surface area contributed by atoms with E-state index in [0.29, 0.717) is 27.8 Å². The van der Waals surface area contributed by atoms with E-state index >= 15 is 0 Å². The number of para-hydroxylation sites is 1. The van der Waals surface area contributed by atoms with Gasteiger partial charge in [0.1, 0.15) is 11.5 Å². The Balaban J connectivity index is 1.49. The van der Waals surface area contributed by atoms with Crippen LogP contribution >= 0.6 is 27.5 Å². The van der Waals surface area contributed by atoms with Crippen molar-refractivity contribution in [2.24, 2.45) is 0 Å². The van der Waals surface area contributed by atoms with Gasteiger partial charge in [-0.05, 0) is 78.4 Å². The summed E-state index contributed by atoms with van der Waals surface area (Å²) >= 11 is 9.29. The van der Waals surface area contributed by atoms with Gasteiger partial charge in [0.2, 0.25) is 15.9 Å². The number of nitrogens with zero attached hydrogens (tertiary/aromatic N) is 1. The van der Waals surface area contributed by atoms with Gasteiger partial charge in [-0.25, -0.2) is 8.42 Å². The molecule has 4 aromatic carbocycles. The number of hydrogen-bond acceptors (Lipinski definition) is 4. The maximum Gasteiger partial charge on any atom is 0.243 e. The Bertz CT molecular complexity index is 1410. The van der Waals surface area contributed by atoms with Crippen molar-refractivity contribution in [2.45, 2.75) is 11.4 Å². The van der Waals surface area contributed by atoms with E-state index in [4.69, 9.17) is 16.3 Å². The van der Waals surface area contributed by atoms with E-state index in [2.05, 4.69) is 21.2 Å². The Labute approximate surface area is 223 Å². The first-order valence-corrected chi connectivity index (χ1v) is 13.5. The molecule has 36 heavy (non-hydrogen) atoms. The predicted octanol–water partition coefficient (Wildman–Crippen LogP) is 6.72. The molecule has 0 spiro atoms. The van der Waals surface area contributed by atoms with Crippen molar-refractivity contribution in [1.29, 1.82) is 0 Å². The van der Waals surface area contributed by atoms with Crippen LogP contribution in [-0.4, -0.2) is 25.2 Å². The minimum Gasteiger partial charge on any atom is -0.457 e. The van der Waals surface area contributed by atoms with Crippen molar-refractivity contribution >= 4 is 49.1 Å². The summed E-state index contributed by atoms with van der Waals surface area (Å²) in [6, 6.07) is 29.3. The topological polar surface area (TPSA) is 75.7 Å². The van der Waals surface area contributed by atoms with E-state index in [1.807, 2.05) is 30.3 Å². The van der Waals surface area contributed by atoms with Gasteiger partial charge in [0.25, 0.3) is 0 Å². The highest BCUT2D eigenvalue weighted by molar-refractivity contribution is 9.10. The quantitative estimate of drug-likeness (QED) is 0.236. The van der Waals surface area contributed by atoms with Gasteiger partial charge in [-0.2, -0.15) is 4.31 Å². The van der Waals surface area contributed by atoms with Crippen LogP contribution in [0.3, 0.4) is 0 Å². The van der Waals surface area contributed by atoms with Crippen LogP contribution in [-0.2, 0) is 21.4 Å². The molecule has 4 rings (SSSR count). The van der Waals surface area contributed by atoms with Crippen LogP contribution in [0.1, 0.15) is 5.56 Å². The third-order valence-corrected chi connectivity index (χ3v) is 7.75. The second-order valence-electron chi connectivity index (χ2n) is 7.84. The lowest BCUT2D eigenvalue weighted by molar-refractivity contribution is -0.116. The molecular formula is C27H22BrClN2O4S. The Morgan fingerprint density at radius 2 is 1.44 bits per heavy atom. The van der Waals surface area contributed by atoms with Gasteiger partial charge in [-0.15, -0.1) is 0 Å². The summed E-state index contributed by atoms with van der Waals surface area (Å²) in [6.07, 6.45) is 0. The molecule has 1 N–H and O–H groups in total. The van der Waals surface area contributed by atoms with E-state index in [9.17, 15) is 13.2 Å². The summed E-state index contributed by atoms with van der Waals surface area (Å²) in [4.78, 5) is 13.0. The van der Waals surface area contributed by atoms with Crippen molar-refractivity contribution in [3.63, 3.8) is 0 Å². The summed E-state index contributed by atoms with van der Waals surface area (Å²) in [5.74, 6) is 0.841. The number of carbonyl (C=O) groups excluding carboxylic acids is 1. The van der Waals surface area contributed by atoms with E-state index in [0.717, 1.165) is 8.78 Å². The van der Waals surface area contributed by atoms with Crippen molar-refractivity contribution < 1.29 is 17.9 Å². The number of carbonyl (C=O) groups is 1. The molecule has 0 saturated carbocycles. The standard InChI is InChI=1S/C27H22BrClN2O4S/c28-21-8-16-26(17-9-21)36(33,34)31(18-20-6-10-22(29)11-7-20)19-27(32)30-23-12-14-25(15-13-23)35-24-4-2-1-3-5-24/h1-17H,18-19H2,(H,30,32). The van der Waals surface area contributed by atoms with Crippen molar-refractivity contribution in [3.05, 3.63) is 118 Å². The summed E-state index contributed by atoms with van der Waals surface area (Å²) < 4.78 is 34.5. The molecule has 1 amide bonds. The molecule has 0 aliphatic rings. The van der Waals surface area contributed by atoms with Gasteiger partial charge in [0, 0.05) is 21.7 Å². The molecule has 0 aromatic heterocycles. The molecule has 6 nitrogen and oxygen atoms in total. The summed E-state index contributed by atoms with van der Waals surface area (Å²) in [5.41, 5.74) is 1.23. The molecule has 9 heteroatoms. The number of benzene rings is 4. The van der Waals surface area contributed by atoms with Gasteiger partial charge in [0.15, 0.2) is 0 Å². The van der Waals surface area contributed by atoms with E-state index < -0.39 is 15.9 Å². The highest BCUT2D eigenvalue weighted by atomic mass is 79.9. The SMILES string of the molecule is O=C(CN(Cc1ccc(Cl)cc1)S(=O)(=O)c1ccc(Br)cc1)Nc1ccc(Oc2ccccc2)cc1. The molecule has 0 fully saturated rings. The van der Waals surface area contributed by atoms with Gasteiger partial charge in [-0.3, -0.25) is 4.79 Å². The number of anilines is 1. The number of sulfonamides is 1. The van der Waals surface area contributed by atoms with Crippen LogP contribution in [0.15, 0.2) is 112 Å². The highest BCUT2D eigenvalue weighted by Crippen LogP contribution is 2.24. The van der Waals surface area contributed by atoms with E-state index in [1.54, 1.807) is 60.7 Å². The zero-order chi connectivity index (χ0) is 25.5. The first kappa shape index (κ1) is 25.9. The third kappa shape index (κ3) is 6.95. The van der Waals surface area contributed by atoms with Gasteiger partial charge in [0.05, 0.1) is 11.4 Å². The Morgan fingerprint density at radius 1 is 0.833 bits per heavy atom. The first-order chi connectivity index (χ1) is 17.3. The average Bonchev–Trinajstić information content (AvgIpc) is 2.87. The molecule has 184 valence electrons. The maximum absolute atomic E-state index is 13.4. The molecular weight excluding hydrogens is 564 g/mol. The second-order valence-corrected chi connectivity index (χ2v) is 11.1. The number of amides is 1. The fourth-order valence-corrected chi connectivity index (χ4v) is 5.14. The number of halogens is 2. The molecule has 0 heterocycles. The van der Waals surface area contributed by atoms with Gasteiger partial charge in [-0.1, -0.05) is 57.9 Å². The van der Waals surface area contributed by atoms with Crippen molar-refractivity contribution in [1.82, 2.24) is 4.31 Å². The molecule has 0 bridgehead atoms. The molecule has 0 aliphatic carbocycles. The lowest BCUT2D eigenvalue weighted by Crippen LogP contribution is -2.37. The van der Waals surface area contributed by atoms with E-state index in [-0.39, 0.29) is 18.0 Å². The minimum absolute atomic E-state index is 0.00679. The lowest BCUT2D eigenvalue weighted by atomic mass is 10.2. The van der Waals surface area contributed by atoms with Gasteiger partial charge < -0.3 is 10.1 Å². The Morgan fingerprint density at radius 3 is 2.08 bits per heavy atom. The van der Waals surface area contributed by atoms with Crippen LogP contribution in [0.4, 0.5) is 5.69 Å². The van der Waals surface area contributed by atoms with Crippen molar-refractivity contribution in [3.8, 4) is 11.5 Å². The molecule has 4 aromatic rings. The Kier molecular flexibility index (Phi) is 8.43. The third-order valence-electron chi connectivity index (χ3n) is 5.16. The number of hydrogen-bond donors (Lipinski definition) is 1. The predicted molar refractivity (Wildman–Crippen MR) is 145 cm³/mol. The second kappa shape index (κ2) is 11.7. The van der Waals surface area contributed by atoms with Gasteiger partial charge >= 0.3 is 0 Å². The highest BCUT2D eigenvalue weighted by Gasteiger charge is 2.27. The van der Waals surface area contributed by atoms with Crippen LogP contribution in [0.5, 0.6) is 11.5 Å². The lowest BCUT2D eigenvalue weighted by Gasteiger charge is -2.22. The number of nitrogens with one attached hydrogen (secondary N) is 1.